The second-order valence-electron chi connectivity index (χ2n) is 26.3. The second-order valence-corrected chi connectivity index (χ2v) is 26.3. The maximum absolute atomic E-state index is 12.6. The Morgan fingerprint density at radius 1 is 0.500 bits per heavy atom. The topological polar surface area (TPSA) is 398 Å². The van der Waals surface area contributed by atoms with E-state index in [0.29, 0.717) is 38.5 Å². The summed E-state index contributed by atoms with van der Waals surface area (Å²) in [7, 11) is 0. The van der Waals surface area contributed by atoms with E-state index >= 15 is 0 Å². The summed E-state index contributed by atoms with van der Waals surface area (Å²) in [6, 6.07) is 0. The summed E-state index contributed by atoms with van der Waals surface area (Å²) in [5.74, 6) is -0.323. The van der Waals surface area contributed by atoms with Crippen molar-refractivity contribution in [1.82, 2.24) is 0 Å². The molecule has 0 aromatic rings. The molecule has 0 bridgehead atoms. The molecular formula is C54H90O24. The van der Waals surface area contributed by atoms with Gasteiger partial charge in [-0.25, -0.2) is 0 Å². The molecule has 16 N–H and O–H groups in total. The van der Waals surface area contributed by atoms with Crippen molar-refractivity contribution < 1.29 is 120 Å². The molecule has 5 aliphatic carbocycles. The lowest BCUT2D eigenvalue weighted by Gasteiger charge is -2.72. The van der Waals surface area contributed by atoms with Gasteiger partial charge in [0.1, 0.15) is 91.6 Å². The number of hydrogen-bond donors (Lipinski definition) is 16. The van der Waals surface area contributed by atoms with Gasteiger partial charge in [-0.3, -0.25) is 0 Å². The molecule has 0 spiro atoms. The van der Waals surface area contributed by atoms with Crippen LogP contribution in [-0.2, 0) is 37.9 Å². The molecule has 0 aromatic heterocycles. The Hall–Kier alpha value is -1.22. The van der Waals surface area contributed by atoms with Crippen LogP contribution in [0.3, 0.4) is 0 Å². The van der Waals surface area contributed by atoms with Crippen molar-refractivity contribution in [2.45, 2.75) is 241 Å². The molecule has 24 nitrogen and oxygen atoms in total. The maximum Gasteiger partial charge on any atom is 0.187 e. The molecule has 78 heavy (non-hydrogen) atoms. The lowest BCUT2D eigenvalue weighted by Crippen LogP contribution is -2.69. The number of ether oxygens (including phenoxy) is 8. The Kier molecular flexibility index (Phi) is 17.6. The van der Waals surface area contributed by atoms with Gasteiger partial charge in [0.15, 0.2) is 25.2 Å². The summed E-state index contributed by atoms with van der Waals surface area (Å²) < 4.78 is 48.4. The van der Waals surface area contributed by atoms with E-state index in [9.17, 15) is 81.7 Å². The van der Waals surface area contributed by atoms with Crippen molar-refractivity contribution >= 4 is 0 Å². The van der Waals surface area contributed by atoms with Crippen LogP contribution in [0.25, 0.3) is 0 Å². The van der Waals surface area contributed by atoms with Crippen LogP contribution in [0.5, 0.6) is 0 Å². The zero-order valence-electron chi connectivity index (χ0n) is 45.7. The molecular weight excluding hydrogens is 1030 g/mol. The summed E-state index contributed by atoms with van der Waals surface area (Å²) in [6.45, 7) is 11.5. The fourth-order valence-electron chi connectivity index (χ4n) is 16.7. The Bertz CT molecular complexity index is 2100. The van der Waals surface area contributed by atoms with Gasteiger partial charge < -0.3 is 120 Å². The predicted octanol–water partition coefficient (Wildman–Crippen LogP) is -3.62. The van der Waals surface area contributed by atoms with E-state index in [0.717, 1.165) is 6.42 Å². The molecule has 31 atom stereocenters. The van der Waals surface area contributed by atoms with E-state index in [4.69, 9.17) is 37.9 Å². The highest BCUT2D eigenvalue weighted by atomic mass is 16.8. The smallest absolute Gasteiger partial charge is 0.187 e. The highest BCUT2D eigenvalue weighted by Crippen LogP contribution is 2.76. The normalized spacial score (nSPS) is 56.2. The van der Waals surface area contributed by atoms with Gasteiger partial charge in [-0.2, -0.15) is 0 Å². The van der Waals surface area contributed by atoms with Crippen molar-refractivity contribution in [2.24, 2.45) is 50.2 Å². The number of aliphatic hydroxyl groups is 16. The van der Waals surface area contributed by atoms with Crippen LogP contribution < -0.4 is 0 Å². The quantitative estimate of drug-likeness (QED) is 0.0625. The fraction of sp³-hybridized carbons (Fsp3) is 0.963. The van der Waals surface area contributed by atoms with E-state index in [1.165, 1.54) is 12.5 Å². The van der Waals surface area contributed by atoms with E-state index in [1.807, 2.05) is 20.8 Å². The van der Waals surface area contributed by atoms with Gasteiger partial charge in [-0.15, -0.1) is 0 Å². The first-order valence-electron chi connectivity index (χ1n) is 28.0. The molecule has 0 aromatic carbocycles. The van der Waals surface area contributed by atoms with E-state index in [-0.39, 0.29) is 48.2 Å². The highest BCUT2D eigenvalue weighted by molar-refractivity contribution is 5.35. The molecule has 8 fully saturated rings. The average molecular weight is 1120 g/mol. The molecule has 0 radical (unpaired) electrons. The first-order valence-corrected chi connectivity index (χ1v) is 28.0. The molecule has 0 unspecified atom stereocenters. The molecule has 9 aliphatic rings. The summed E-state index contributed by atoms with van der Waals surface area (Å²) in [5, 5.41) is 175. The monoisotopic (exact) mass is 1120 g/mol. The fourth-order valence-corrected chi connectivity index (χ4v) is 16.7. The van der Waals surface area contributed by atoms with Gasteiger partial charge in [-0.05, 0) is 97.7 Å². The predicted molar refractivity (Wildman–Crippen MR) is 265 cm³/mol. The minimum absolute atomic E-state index is 0.0618. The third-order valence-electron chi connectivity index (χ3n) is 21.9. The van der Waals surface area contributed by atoms with Gasteiger partial charge in [0.2, 0.25) is 0 Å². The van der Waals surface area contributed by atoms with Crippen molar-refractivity contribution in [3.63, 3.8) is 0 Å². The molecule has 24 heteroatoms. The number of allylic oxidation sites excluding steroid dienone is 2. The molecule has 4 heterocycles. The van der Waals surface area contributed by atoms with Crippen molar-refractivity contribution in [3.8, 4) is 0 Å². The Morgan fingerprint density at radius 2 is 1.03 bits per heavy atom. The largest absolute Gasteiger partial charge is 0.396 e. The van der Waals surface area contributed by atoms with E-state index in [2.05, 4.69) is 26.8 Å². The third-order valence-corrected chi connectivity index (χ3v) is 21.9. The van der Waals surface area contributed by atoms with Crippen LogP contribution >= 0.6 is 0 Å². The van der Waals surface area contributed by atoms with Crippen LogP contribution in [0.4, 0.5) is 0 Å². The lowest BCUT2D eigenvalue weighted by atomic mass is 9.33. The molecule has 0 amide bonds. The van der Waals surface area contributed by atoms with Gasteiger partial charge in [0.05, 0.1) is 57.5 Å². The summed E-state index contributed by atoms with van der Waals surface area (Å²) in [5.41, 5.74) is -2.65. The second kappa shape index (κ2) is 22.3. The van der Waals surface area contributed by atoms with E-state index in [1.54, 1.807) is 0 Å². The summed E-state index contributed by atoms with van der Waals surface area (Å²) >= 11 is 0. The lowest BCUT2D eigenvalue weighted by molar-refractivity contribution is -0.391. The first kappa shape index (κ1) is 61.3. The van der Waals surface area contributed by atoms with Crippen LogP contribution in [0.1, 0.15) is 99.8 Å². The zero-order chi connectivity index (χ0) is 57.1. The van der Waals surface area contributed by atoms with Crippen LogP contribution in [-0.4, -0.2) is 256 Å². The number of fused-ring (bicyclic) bond motifs is 7. The Labute approximate surface area is 454 Å². The SMILES string of the molecule is C[C@H]1O[C@@H](O[C@H]2CC[C@@]3(C)[C@@H](CC[C@]4(C)[C@@H]3CC=C3[C@@H]5CC(C)(C)[C@@H](O[C@@H]6O[C@H](CO)[C@@H](O)[C@H](O)[C@H]6O)C[C@]5(CO)[C@@H](O)C[C@]34C)[C@]2(C)CO)[C@H](O)[C@@H](O[C@@H]2O[C@H](CO)[C@@H](O)[C@H](O)[C@H]2O[C@@H]2O[C@H](CO)[C@@H](O)[C@H](O)[C@H]2O)[C@H]1O. The van der Waals surface area contributed by atoms with Gasteiger partial charge in [0.25, 0.3) is 0 Å². The molecule has 4 saturated heterocycles. The van der Waals surface area contributed by atoms with Crippen molar-refractivity contribution in [1.29, 1.82) is 0 Å². The minimum Gasteiger partial charge on any atom is -0.396 e. The Balaban J connectivity index is 0.932. The van der Waals surface area contributed by atoms with Crippen LogP contribution in [0, 0.1) is 50.2 Å². The molecule has 9 rings (SSSR count). The van der Waals surface area contributed by atoms with Crippen LogP contribution in [0.2, 0.25) is 0 Å². The van der Waals surface area contributed by atoms with Crippen LogP contribution in [0.15, 0.2) is 11.6 Å². The molecule has 450 valence electrons. The first-order chi connectivity index (χ1) is 36.6. The molecule has 4 aliphatic heterocycles. The van der Waals surface area contributed by atoms with Gasteiger partial charge in [-0.1, -0.05) is 53.2 Å². The summed E-state index contributed by atoms with van der Waals surface area (Å²) in [6.07, 6.45) is -28.2. The third kappa shape index (κ3) is 9.61. The standard InChI is InChI=1S/C54H90O24/c1-22-33(61)43(77-48-44(39(67)36(64)27(19-57)74-48)78-46-41(69)38(66)35(63)26(18-56)73-46)42(70)47(71-22)75-31-11-12-50(4)28(51(31,5)20-58)10-13-52(6)29(50)9-8-23-24-14-49(2,3)32(16-54(24,21-59)30(60)15-53(23,52)7)76-45-40(68)37(65)34(62)25(17-55)72-45/h8,22,24-48,55-70H,9-21H2,1-7H3/t22-,24+,25-,26-,27-,28-,29-,30+,31+,32+,33+,34-,35-,36-,37+,38+,39+,40-,41-,42-,43+,44-,45+,46+,47+,48+,50+,51+,52-,53-,54-/m1/s1. The van der Waals surface area contributed by atoms with E-state index < -0.39 is 183 Å². The average Bonchev–Trinajstić information content (AvgIpc) is 3.59. The van der Waals surface area contributed by atoms with Gasteiger partial charge in [0, 0.05) is 10.8 Å². The minimum atomic E-state index is -1.93. The zero-order valence-corrected chi connectivity index (χ0v) is 45.7. The summed E-state index contributed by atoms with van der Waals surface area (Å²) in [4.78, 5) is 0. The number of rotatable bonds is 13. The number of hydrogen-bond acceptors (Lipinski definition) is 24. The Morgan fingerprint density at radius 3 is 1.59 bits per heavy atom. The highest BCUT2D eigenvalue weighted by Gasteiger charge is 2.72. The van der Waals surface area contributed by atoms with Crippen molar-refractivity contribution in [2.75, 3.05) is 33.0 Å². The van der Waals surface area contributed by atoms with Crippen molar-refractivity contribution in [3.05, 3.63) is 11.6 Å². The maximum atomic E-state index is 12.6. The number of aliphatic hydroxyl groups excluding tert-OH is 16. The molecule has 4 saturated carbocycles. The van der Waals surface area contributed by atoms with Gasteiger partial charge >= 0.3 is 0 Å².